The zero-order chi connectivity index (χ0) is 20.0. The van der Waals surface area contributed by atoms with E-state index in [1.54, 1.807) is 36.4 Å². The van der Waals surface area contributed by atoms with Crippen molar-refractivity contribution in [1.82, 2.24) is 4.31 Å². The molecule has 6 nitrogen and oxygen atoms in total. The van der Waals surface area contributed by atoms with E-state index in [4.69, 9.17) is 27.9 Å². The third kappa shape index (κ3) is 6.70. The molecule has 0 saturated carbocycles. The van der Waals surface area contributed by atoms with Crippen molar-refractivity contribution < 1.29 is 23.1 Å². The van der Waals surface area contributed by atoms with Gasteiger partial charge in [0.25, 0.3) is 0 Å². The molecule has 0 fully saturated rings. The first kappa shape index (κ1) is 21.5. The molecule has 0 aliphatic rings. The lowest BCUT2D eigenvalue weighted by Crippen LogP contribution is -2.35. The molecule has 0 atom stereocenters. The van der Waals surface area contributed by atoms with Gasteiger partial charge in [0, 0.05) is 23.1 Å². The zero-order valence-electron chi connectivity index (χ0n) is 14.6. The van der Waals surface area contributed by atoms with E-state index in [-0.39, 0.29) is 31.7 Å². The van der Waals surface area contributed by atoms with Crippen LogP contribution in [0.15, 0.2) is 42.5 Å². The fourth-order valence-electron chi connectivity index (χ4n) is 2.51. The molecule has 1 N–H and O–H groups in total. The van der Waals surface area contributed by atoms with Crippen molar-refractivity contribution in [1.29, 1.82) is 0 Å². The lowest BCUT2D eigenvalue weighted by atomic mass is 10.0. The number of hydrogen-bond donors (Lipinski definition) is 1. The number of sulfonamides is 1. The van der Waals surface area contributed by atoms with Crippen molar-refractivity contribution in [2.75, 3.05) is 26.0 Å². The van der Waals surface area contributed by atoms with Crippen LogP contribution in [0.3, 0.4) is 0 Å². The molecule has 0 aromatic heterocycles. The summed E-state index contributed by atoms with van der Waals surface area (Å²) in [7, 11) is -3.49. The van der Waals surface area contributed by atoms with Crippen LogP contribution in [-0.2, 0) is 16.4 Å². The lowest BCUT2D eigenvalue weighted by Gasteiger charge is -2.20. The first-order chi connectivity index (χ1) is 12.7. The van der Waals surface area contributed by atoms with E-state index in [2.05, 4.69) is 0 Å². The van der Waals surface area contributed by atoms with Gasteiger partial charge < -0.3 is 9.84 Å². The van der Waals surface area contributed by atoms with Gasteiger partial charge in [-0.2, -0.15) is 4.31 Å². The molecule has 0 aliphatic carbocycles. The molecule has 9 heteroatoms. The first-order valence-electron chi connectivity index (χ1n) is 8.02. The predicted octanol–water partition coefficient (Wildman–Crippen LogP) is 3.57. The van der Waals surface area contributed by atoms with Crippen LogP contribution in [0.4, 0.5) is 0 Å². The Balaban J connectivity index is 2.01. The second-order valence-electron chi connectivity index (χ2n) is 5.83. The fraction of sp³-hybridized carbons (Fsp3) is 0.278. The molecule has 0 spiro atoms. The van der Waals surface area contributed by atoms with Gasteiger partial charge in [-0.25, -0.2) is 13.2 Å². The van der Waals surface area contributed by atoms with Gasteiger partial charge in [0.15, 0.2) is 0 Å². The van der Waals surface area contributed by atoms with Crippen molar-refractivity contribution in [2.24, 2.45) is 0 Å². The number of ether oxygens (including phenoxy) is 1. The highest BCUT2D eigenvalue weighted by atomic mass is 35.5. The summed E-state index contributed by atoms with van der Waals surface area (Å²) in [5, 5.41) is 10.1. The molecule has 0 amide bonds. The van der Waals surface area contributed by atoms with Gasteiger partial charge in [0.05, 0.1) is 11.8 Å². The minimum Gasteiger partial charge on any atom is -0.492 e. The van der Waals surface area contributed by atoms with Gasteiger partial charge in [-0.3, -0.25) is 0 Å². The number of aromatic carboxylic acids is 1. The van der Waals surface area contributed by atoms with Crippen molar-refractivity contribution >= 4 is 39.2 Å². The number of carboxylic acid groups (broad SMARTS) is 1. The number of carboxylic acids is 1. The highest BCUT2D eigenvalue weighted by molar-refractivity contribution is 7.88. The van der Waals surface area contributed by atoms with E-state index < -0.39 is 16.0 Å². The number of hydrogen-bond acceptors (Lipinski definition) is 4. The summed E-state index contributed by atoms with van der Waals surface area (Å²) in [6.45, 7) is 0.352. The van der Waals surface area contributed by atoms with E-state index in [0.29, 0.717) is 21.4 Å². The number of halogens is 2. The van der Waals surface area contributed by atoms with E-state index in [1.165, 1.54) is 10.4 Å². The summed E-state index contributed by atoms with van der Waals surface area (Å²) in [6, 6.07) is 11.3. The molecule has 0 saturated heterocycles. The predicted molar refractivity (Wildman–Crippen MR) is 105 cm³/mol. The molecule has 0 radical (unpaired) electrons. The monoisotopic (exact) mass is 431 g/mol. The van der Waals surface area contributed by atoms with E-state index in [1.807, 2.05) is 0 Å². The molecule has 0 heterocycles. The number of carbonyl (C=O) groups is 1. The molecule has 0 aliphatic heterocycles. The maximum atomic E-state index is 12.0. The van der Waals surface area contributed by atoms with Gasteiger partial charge in [-0.05, 0) is 36.2 Å². The van der Waals surface area contributed by atoms with Gasteiger partial charge in [-0.1, -0.05) is 41.4 Å². The quantitative estimate of drug-likeness (QED) is 0.655. The topological polar surface area (TPSA) is 83.9 Å². The zero-order valence-corrected chi connectivity index (χ0v) is 16.9. The largest absolute Gasteiger partial charge is 0.492 e. The average molecular weight is 432 g/mol. The molecule has 2 rings (SSSR count). The van der Waals surface area contributed by atoms with Crippen LogP contribution >= 0.6 is 23.2 Å². The molecule has 27 heavy (non-hydrogen) atoms. The van der Waals surface area contributed by atoms with Gasteiger partial charge >= 0.3 is 5.97 Å². The number of benzene rings is 2. The van der Waals surface area contributed by atoms with Crippen LogP contribution in [0, 0.1) is 0 Å². The summed E-state index contributed by atoms with van der Waals surface area (Å²) >= 11 is 11.8. The number of nitrogens with zero attached hydrogens (tertiary/aromatic N) is 1. The summed E-state index contributed by atoms with van der Waals surface area (Å²) in [5.74, 6) is -0.602. The second kappa shape index (κ2) is 9.41. The van der Waals surface area contributed by atoms with Crippen molar-refractivity contribution in [3.8, 4) is 5.75 Å². The van der Waals surface area contributed by atoms with Gasteiger partial charge in [0.2, 0.25) is 10.0 Å². The summed E-state index contributed by atoms with van der Waals surface area (Å²) in [5.41, 5.74) is 0.733. The Hall–Kier alpha value is -1.80. The Morgan fingerprint density at radius 1 is 1.11 bits per heavy atom. The highest BCUT2D eigenvalue weighted by Crippen LogP contribution is 2.24. The van der Waals surface area contributed by atoms with Crippen LogP contribution in [-0.4, -0.2) is 49.8 Å². The van der Waals surface area contributed by atoms with E-state index >= 15 is 0 Å². The summed E-state index contributed by atoms with van der Waals surface area (Å²) < 4.78 is 30.9. The molecular formula is C18H19Cl2NO5S. The molecule has 2 aromatic rings. The molecular weight excluding hydrogens is 413 g/mol. The maximum absolute atomic E-state index is 12.0. The Kier molecular flexibility index (Phi) is 7.49. The Bertz CT molecular complexity index is 897. The average Bonchev–Trinajstić information content (AvgIpc) is 2.56. The molecule has 0 unspecified atom stereocenters. The van der Waals surface area contributed by atoms with Crippen molar-refractivity contribution in [3.05, 3.63) is 63.6 Å². The third-order valence-corrected chi connectivity index (χ3v) is 5.53. The smallest absolute Gasteiger partial charge is 0.335 e. The Morgan fingerprint density at radius 3 is 2.33 bits per heavy atom. The third-order valence-electron chi connectivity index (χ3n) is 3.79. The van der Waals surface area contributed by atoms with Crippen LogP contribution in [0.1, 0.15) is 15.9 Å². The summed E-state index contributed by atoms with van der Waals surface area (Å²) in [4.78, 5) is 11.3. The normalized spacial score (nSPS) is 11.6. The second-order valence-corrected chi connectivity index (χ2v) is 8.68. The maximum Gasteiger partial charge on any atom is 0.335 e. The van der Waals surface area contributed by atoms with Crippen LogP contribution < -0.4 is 4.74 Å². The van der Waals surface area contributed by atoms with Gasteiger partial charge in [-0.15, -0.1) is 0 Å². The number of rotatable bonds is 9. The lowest BCUT2D eigenvalue weighted by molar-refractivity contribution is 0.0695. The standard InChI is InChI=1S/C18H19Cl2NO5S/c1-27(24,25)21(7-6-13-4-2-3-5-17(13)18(22)23)8-9-26-16-11-14(19)10-15(20)12-16/h2-5,10-12H,6-9H2,1H3,(H,22,23). The van der Waals surface area contributed by atoms with E-state index in [0.717, 1.165) is 6.26 Å². The van der Waals surface area contributed by atoms with Crippen LogP contribution in [0.5, 0.6) is 5.75 Å². The fourth-order valence-corrected chi connectivity index (χ4v) is 3.85. The first-order valence-corrected chi connectivity index (χ1v) is 10.6. The van der Waals surface area contributed by atoms with Crippen LogP contribution in [0.25, 0.3) is 0 Å². The Labute approximate surface area is 168 Å². The Morgan fingerprint density at radius 2 is 1.74 bits per heavy atom. The summed E-state index contributed by atoms with van der Waals surface area (Å²) in [6.07, 6.45) is 1.38. The SMILES string of the molecule is CS(=O)(=O)N(CCOc1cc(Cl)cc(Cl)c1)CCc1ccccc1C(=O)O. The molecule has 0 bridgehead atoms. The molecule has 2 aromatic carbocycles. The minimum absolute atomic E-state index is 0.102. The highest BCUT2D eigenvalue weighted by Gasteiger charge is 2.18. The minimum atomic E-state index is -3.49. The van der Waals surface area contributed by atoms with Crippen LogP contribution in [0.2, 0.25) is 10.0 Å². The van der Waals surface area contributed by atoms with Crippen molar-refractivity contribution in [2.45, 2.75) is 6.42 Å². The molecule has 146 valence electrons. The van der Waals surface area contributed by atoms with E-state index in [9.17, 15) is 18.3 Å². The van der Waals surface area contributed by atoms with Crippen molar-refractivity contribution in [3.63, 3.8) is 0 Å². The van der Waals surface area contributed by atoms with Gasteiger partial charge in [0.1, 0.15) is 12.4 Å².